The highest BCUT2D eigenvalue weighted by Crippen LogP contribution is 2.48. The van der Waals surface area contributed by atoms with Crippen LogP contribution in [0.15, 0.2) is 12.1 Å². The van der Waals surface area contributed by atoms with Crippen molar-refractivity contribution < 1.29 is 4.39 Å². The van der Waals surface area contributed by atoms with Gasteiger partial charge in [0.25, 0.3) is 0 Å². The Morgan fingerprint density at radius 2 is 1.62 bits per heavy atom. The molecule has 0 aliphatic heterocycles. The van der Waals surface area contributed by atoms with Gasteiger partial charge >= 0.3 is 0 Å². The minimum atomic E-state index is -0.145. The lowest BCUT2D eigenvalue weighted by molar-refractivity contribution is 0.127. The standard InChI is InChI=1S/C19H26ClF/c1-12-9-17(21)10-13(2)18(12)19(20)16-8-7-14-5-3-4-6-15(14)11-16/h9-10,14-16,19H,3-8,11H2,1-2H3. The molecule has 2 aliphatic rings. The van der Waals surface area contributed by atoms with Gasteiger partial charge in [0.05, 0.1) is 5.38 Å². The Balaban J connectivity index is 1.78. The van der Waals surface area contributed by atoms with Crippen molar-refractivity contribution in [2.24, 2.45) is 17.8 Å². The Bertz CT molecular complexity index is 487. The van der Waals surface area contributed by atoms with E-state index in [4.69, 9.17) is 11.6 Å². The lowest BCUT2D eigenvalue weighted by atomic mass is 9.66. The third kappa shape index (κ3) is 3.13. The van der Waals surface area contributed by atoms with Crippen LogP contribution in [0.25, 0.3) is 0 Å². The molecule has 0 heterocycles. The maximum Gasteiger partial charge on any atom is 0.123 e. The van der Waals surface area contributed by atoms with Gasteiger partial charge in [-0.2, -0.15) is 0 Å². The van der Waals surface area contributed by atoms with E-state index < -0.39 is 0 Å². The smallest absolute Gasteiger partial charge is 0.123 e. The lowest BCUT2D eigenvalue weighted by Crippen LogP contribution is -2.29. The molecule has 0 radical (unpaired) electrons. The molecule has 0 N–H and O–H groups in total. The number of alkyl halides is 1. The molecule has 4 unspecified atom stereocenters. The minimum absolute atomic E-state index is 0.0495. The maximum absolute atomic E-state index is 13.5. The molecule has 0 spiro atoms. The van der Waals surface area contributed by atoms with Crippen LogP contribution in [0.4, 0.5) is 4.39 Å². The molecule has 4 atom stereocenters. The van der Waals surface area contributed by atoms with Crippen LogP contribution in [0, 0.1) is 37.4 Å². The van der Waals surface area contributed by atoms with E-state index >= 15 is 0 Å². The fourth-order valence-corrected chi connectivity index (χ4v) is 5.34. The van der Waals surface area contributed by atoms with Gasteiger partial charge in [-0.05, 0) is 79.7 Å². The average molecular weight is 309 g/mol. The predicted octanol–water partition coefficient (Wildman–Crippen LogP) is 6.33. The summed E-state index contributed by atoms with van der Waals surface area (Å²) >= 11 is 6.86. The second kappa shape index (κ2) is 6.28. The van der Waals surface area contributed by atoms with Crippen LogP contribution >= 0.6 is 11.6 Å². The van der Waals surface area contributed by atoms with Gasteiger partial charge in [0.2, 0.25) is 0 Å². The van der Waals surface area contributed by atoms with Crippen LogP contribution in [0.3, 0.4) is 0 Å². The van der Waals surface area contributed by atoms with E-state index in [1.165, 1.54) is 50.5 Å². The number of halogens is 2. The van der Waals surface area contributed by atoms with E-state index in [9.17, 15) is 4.39 Å². The maximum atomic E-state index is 13.5. The molecule has 0 amide bonds. The van der Waals surface area contributed by atoms with Gasteiger partial charge in [0.15, 0.2) is 0 Å². The van der Waals surface area contributed by atoms with Crippen molar-refractivity contribution in [2.75, 3.05) is 0 Å². The molecule has 0 nitrogen and oxygen atoms in total. The minimum Gasteiger partial charge on any atom is -0.207 e. The first kappa shape index (κ1) is 15.3. The second-order valence-corrected chi connectivity index (χ2v) is 7.70. The van der Waals surface area contributed by atoms with Crippen LogP contribution < -0.4 is 0 Å². The first-order valence-electron chi connectivity index (χ1n) is 8.47. The van der Waals surface area contributed by atoms with Crippen molar-refractivity contribution in [3.8, 4) is 0 Å². The van der Waals surface area contributed by atoms with E-state index in [-0.39, 0.29) is 11.2 Å². The molecule has 3 rings (SSSR count). The van der Waals surface area contributed by atoms with Gasteiger partial charge in [0.1, 0.15) is 5.82 Å². The molecule has 2 fully saturated rings. The summed E-state index contributed by atoms with van der Waals surface area (Å²) in [5.41, 5.74) is 3.20. The Morgan fingerprint density at radius 3 is 2.29 bits per heavy atom. The normalized spacial score (nSPS) is 30.8. The van der Waals surface area contributed by atoms with Crippen LogP contribution in [0.5, 0.6) is 0 Å². The number of benzene rings is 1. The van der Waals surface area contributed by atoms with Gasteiger partial charge in [0, 0.05) is 0 Å². The zero-order valence-corrected chi connectivity index (χ0v) is 13.9. The summed E-state index contributed by atoms with van der Waals surface area (Å²) in [7, 11) is 0. The number of fused-ring (bicyclic) bond motifs is 1. The largest absolute Gasteiger partial charge is 0.207 e. The topological polar surface area (TPSA) is 0 Å². The van der Waals surface area contributed by atoms with Crippen molar-refractivity contribution in [3.63, 3.8) is 0 Å². The average Bonchev–Trinajstić information content (AvgIpc) is 2.45. The fourth-order valence-electron chi connectivity index (χ4n) is 4.77. The van der Waals surface area contributed by atoms with Crippen molar-refractivity contribution >= 4 is 11.6 Å². The van der Waals surface area contributed by atoms with E-state index in [1.54, 1.807) is 12.1 Å². The van der Waals surface area contributed by atoms with Crippen molar-refractivity contribution in [2.45, 2.75) is 64.2 Å². The molecule has 0 aromatic heterocycles. The van der Waals surface area contributed by atoms with Gasteiger partial charge in [-0.1, -0.05) is 25.7 Å². The summed E-state index contributed by atoms with van der Waals surface area (Å²) in [6, 6.07) is 3.26. The van der Waals surface area contributed by atoms with Crippen LogP contribution in [0.1, 0.15) is 67.0 Å². The zero-order chi connectivity index (χ0) is 15.0. The quantitative estimate of drug-likeness (QED) is 0.560. The summed E-state index contributed by atoms with van der Waals surface area (Å²) in [4.78, 5) is 0. The molecule has 0 bridgehead atoms. The lowest BCUT2D eigenvalue weighted by Gasteiger charge is -2.41. The second-order valence-electron chi connectivity index (χ2n) is 7.23. The monoisotopic (exact) mass is 308 g/mol. The van der Waals surface area contributed by atoms with Crippen molar-refractivity contribution in [1.82, 2.24) is 0 Å². The number of hydrogen-bond donors (Lipinski definition) is 0. The third-order valence-electron chi connectivity index (χ3n) is 5.83. The van der Waals surface area contributed by atoms with Gasteiger partial charge in [-0.15, -0.1) is 11.6 Å². The molecule has 2 saturated carbocycles. The molecular weight excluding hydrogens is 283 g/mol. The third-order valence-corrected chi connectivity index (χ3v) is 6.40. The Hall–Kier alpha value is -0.560. The highest BCUT2D eigenvalue weighted by atomic mass is 35.5. The number of hydrogen-bond acceptors (Lipinski definition) is 0. The Labute approximate surface area is 133 Å². The Kier molecular flexibility index (Phi) is 4.59. The summed E-state index contributed by atoms with van der Waals surface area (Å²) in [5, 5.41) is 0.0495. The molecule has 116 valence electrons. The van der Waals surface area contributed by atoms with E-state index in [0.717, 1.165) is 23.0 Å². The first-order valence-corrected chi connectivity index (χ1v) is 8.90. The molecule has 0 saturated heterocycles. The zero-order valence-electron chi connectivity index (χ0n) is 13.2. The van der Waals surface area contributed by atoms with Crippen LogP contribution in [0.2, 0.25) is 0 Å². The predicted molar refractivity (Wildman–Crippen MR) is 87.3 cm³/mol. The van der Waals surface area contributed by atoms with Gasteiger partial charge in [-0.3, -0.25) is 0 Å². The van der Waals surface area contributed by atoms with Gasteiger partial charge in [-0.25, -0.2) is 4.39 Å². The molecule has 1 aromatic carbocycles. The SMILES string of the molecule is Cc1cc(F)cc(C)c1C(Cl)C1CCC2CCCCC2C1. The van der Waals surface area contributed by atoms with Crippen molar-refractivity contribution in [1.29, 1.82) is 0 Å². The van der Waals surface area contributed by atoms with Crippen molar-refractivity contribution in [3.05, 3.63) is 34.6 Å². The van der Waals surface area contributed by atoms with Gasteiger partial charge < -0.3 is 0 Å². The van der Waals surface area contributed by atoms with Crippen LogP contribution in [-0.2, 0) is 0 Å². The number of aryl methyl sites for hydroxylation is 2. The number of rotatable bonds is 2. The molecule has 21 heavy (non-hydrogen) atoms. The highest BCUT2D eigenvalue weighted by molar-refractivity contribution is 6.21. The summed E-state index contributed by atoms with van der Waals surface area (Å²) in [5.74, 6) is 2.26. The summed E-state index contributed by atoms with van der Waals surface area (Å²) < 4.78 is 13.5. The highest BCUT2D eigenvalue weighted by Gasteiger charge is 2.36. The fraction of sp³-hybridized carbons (Fsp3) is 0.684. The van der Waals surface area contributed by atoms with E-state index in [0.29, 0.717) is 5.92 Å². The van der Waals surface area contributed by atoms with E-state index in [1.807, 2.05) is 13.8 Å². The summed E-state index contributed by atoms with van der Waals surface area (Å²) in [6.07, 6.45) is 9.51. The summed E-state index contributed by atoms with van der Waals surface area (Å²) in [6.45, 7) is 3.99. The molecule has 1 aromatic rings. The van der Waals surface area contributed by atoms with Crippen LogP contribution in [-0.4, -0.2) is 0 Å². The van der Waals surface area contributed by atoms with E-state index in [2.05, 4.69) is 0 Å². The first-order chi connectivity index (χ1) is 10.1. The molecular formula is C19H26ClF. The molecule has 2 heteroatoms. The molecule has 2 aliphatic carbocycles. The Morgan fingerprint density at radius 1 is 1.00 bits per heavy atom.